The molecule has 34 heavy (non-hydrogen) atoms. The molecule has 10 heteroatoms. The van der Waals surface area contributed by atoms with E-state index in [9.17, 15) is 24.9 Å². The zero-order chi connectivity index (χ0) is 24.8. The second-order valence-corrected chi connectivity index (χ2v) is 8.63. The quantitative estimate of drug-likeness (QED) is 0.357. The molecule has 9 nitrogen and oxygen atoms in total. The third kappa shape index (κ3) is 3.61. The maximum atomic E-state index is 13.5. The average molecular weight is 490 g/mol. The smallest absolute Gasteiger partial charge is 0.236 e. The highest BCUT2D eigenvalue weighted by atomic mass is 35.5. The topological polar surface area (TPSA) is 135 Å². The van der Waals surface area contributed by atoms with Crippen LogP contribution in [0.25, 0.3) is 0 Å². The Kier molecular flexibility index (Phi) is 6.09. The summed E-state index contributed by atoms with van der Waals surface area (Å²) in [5, 5.41) is 32.6. The van der Waals surface area contributed by atoms with E-state index in [0.29, 0.717) is 11.3 Å². The number of Topliss-reactive ketones (excluding diaryl/α,β-unsaturated/α-hetero) is 1. The molecule has 1 spiro atoms. The first kappa shape index (κ1) is 23.7. The minimum absolute atomic E-state index is 0.0366. The molecule has 0 radical (unpaired) electrons. The summed E-state index contributed by atoms with van der Waals surface area (Å²) in [6, 6.07) is 5.49. The van der Waals surface area contributed by atoms with Crippen molar-refractivity contribution in [3.63, 3.8) is 0 Å². The fourth-order valence-corrected chi connectivity index (χ4v) is 4.61. The number of nitrogens with one attached hydrogen (secondary N) is 1. The molecule has 0 unspecified atom stereocenters. The highest BCUT2D eigenvalue weighted by Gasteiger charge is 2.60. The number of methoxy groups -OCH3 is 2. The van der Waals surface area contributed by atoms with E-state index < -0.39 is 29.2 Å². The third-order valence-corrected chi connectivity index (χ3v) is 6.57. The largest absolute Gasteiger partial charge is 0.504 e. The fourth-order valence-electron chi connectivity index (χ4n) is 4.35. The number of halogens is 1. The lowest BCUT2D eigenvalue weighted by Crippen LogP contribution is -2.55. The van der Waals surface area contributed by atoms with E-state index in [1.165, 1.54) is 44.6 Å². The van der Waals surface area contributed by atoms with Crippen molar-refractivity contribution in [2.24, 2.45) is 5.92 Å². The van der Waals surface area contributed by atoms with Gasteiger partial charge in [0.05, 0.1) is 20.3 Å². The molecule has 4 rings (SSSR count). The van der Waals surface area contributed by atoms with Gasteiger partial charge in [-0.3, -0.25) is 9.59 Å². The number of carbonyl (C=O) groups is 2. The highest BCUT2D eigenvalue weighted by Crippen LogP contribution is 2.52. The van der Waals surface area contributed by atoms with E-state index in [1.807, 2.05) is 0 Å². The van der Waals surface area contributed by atoms with Gasteiger partial charge in [-0.1, -0.05) is 24.6 Å². The Morgan fingerprint density at radius 2 is 1.88 bits per heavy atom. The van der Waals surface area contributed by atoms with E-state index in [1.54, 1.807) is 6.92 Å². The Bertz CT molecular complexity index is 1210. The van der Waals surface area contributed by atoms with Crippen LogP contribution in [0.5, 0.6) is 28.7 Å². The summed E-state index contributed by atoms with van der Waals surface area (Å²) in [6.45, 7) is 1.76. The first-order chi connectivity index (χ1) is 16.1. The lowest BCUT2D eigenvalue weighted by atomic mass is 9.74. The standard InChI is InChI=1S/C24H24ClNO8/c1-11-6-13(26-10-16(29)12-4-5-14(27)15(28)7-12)8-19(30)24(11)23(31)20-17(32-2)9-18(33-3)21(25)22(20)34-24/h4-5,7-9,11,16,26-29H,6,10H2,1-3H3/t11-,16+,24+/m1/s1. The number of hydrogen-bond donors (Lipinski definition) is 4. The lowest BCUT2D eigenvalue weighted by Gasteiger charge is -2.35. The van der Waals surface area contributed by atoms with Crippen LogP contribution in [-0.4, -0.2) is 53.3 Å². The summed E-state index contributed by atoms with van der Waals surface area (Å²) in [5.74, 6) is -1.78. The zero-order valence-corrected chi connectivity index (χ0v) is 19.5. The van der Waals surface area contributed by atoms with Crippen molar-refractivity contribution in [2.75, 3.05) is 20.8 Å². The number of fused-ring (bicyclic) bond motifs is 1. The van der Waals surface area contributed by atoms with Gasteiger partial charge in [0.15, 0.2) is 17.2 Å². The van der Waals surface area contributed by atoms with Gasteiger partial charge in [-0.05, 0) is 24.1 Å². The minimum Gasteiger partial charge on any atom is -0.504 e. The SMILES string of the molecule is COc1cc(OC)c2c(c1Cl)O[C@@]1(C(=O)C=C(NC[C@H](O)c3ccc(O)c(O)c3)C[C@H]1C)C2=O. The van der Waals surface area contributed by atoms with Crippen LogP contribution in [0.2, 0.25) is 5.02 Å². The second-order valence-electron chi connectivity index (χ2n) is 8.25. The molecule has 0 aromatic heterocycles. The van der Waals surface area contributed by atoms with Crippen LogP contribution in [0, 0.1) is 5.92 Å². The predicted molar refractivity (Wildman–Crippen MR) is 122 cm³/mol. The van der Waals surface area contributed by atoms with E-state index in [2.05, 4.69) is 5.32 Å². The molecule has 1 aliphatic carbocycles. The molecule has 2 aromatic carbocycles. The molecule has 2 aromatic rings. The Morgan fingerprint density at radius 1 is 1.18 bits per heavy atom. The number of ketones is 2. The van der Waals surface area contributed by atoms with Gasteiger partial charge < -0.3 is 34.8 Å². The molecule has 0 saturated carbocycles. The lowest BCUT2D eigenvalue weighted by molar-refractivity contribution is -0.129. The second kappa shape index (κ2) is 8.73. The third-order valence-electron chi connectivity index (χ3n) is 6.22. The van der Waals surface area contributed by atoms with Crippen molar-refractivity contribution in [3.8, 4) is 28.7 Å². The van der Waals surface area contributed by atoms with Crippen molar-refractivity contribution in [2.45, 2.75) is 25.0 Å². The molecule has 2 aliphatic rings. The van der Waals surface area contributed by atoms with E-state index in [0.717, 1.165) is 0 Å². The molecule has 0 fully saturated rings. The van der Waals surface area contributed by atoms with Crippen molar-refractivity contribution in [3.05, 3.63) is 52.2 Å². The number of ether oxygens (including phenoxy) is 3. The number of rotatable bonds is 6. The van der Waals surface area contributed by atoms with Gasteiger partial charge in [-0.25, -0.2) is 0 Å². The number of aromatic hydroxyl groups is 2. The van der Waals surface area contributed by atoms with Crippen molar-refractivity contribution >= 4 is 23.2 Å². The van der Waals surface area contributed by atoms with Crippen molar-refractivity contribution < 1.29 is 39.1 Å². The summed E-state index contributed by atoms with van der Waals surface area (Å²) < 4.78 is 16.6. The summed E-state index contributed by atoms with van der Waals surface area (Å²) in [7, 11) is 2.82. The van der Waals surface area contributed by atoms with Crippen LogP contribution in [0.1, 0.15) is 35.4 Å². The maximum Gasteiger partial charge on any atom is 0.236 e. The number of allylic oxidation sites excluding steroid dienone is 1. The Morgan fingerprint density at radius 3 is 2.50 bits per heavy atom. The number of aliphatic hydroxyl groups excluding tert-OH is 1. The molecule has 0 amide bonds. The van der Waals surface area contributed by atoms with E-state index in [4.69, 9.17) is 25.8 Å². The molecule has 180 valence electrons. The molecule has 3 atom stereocenters. The minimum atomic E-state index is -1.78. The monoisotopic (exact) mass is 489 g/mol. The van der Waals surface area contributed by atoms with E-state index >= 15 is 0 Å². The zero-order valence-electron chi connectivity index (χ0n) is 18.7. The van der Waals surface area contributed by atoms with Crippen LogP contribution in [0.4, 0.5) is 0 Å². The molecule has 0 saturated heterocycles. The number of phenolic OH excluding ortho intramolecular Hbond substituents is 2. The van der Waals surface area contributed by atoms with Gasteiger partial charge in [0.1, 0.15) is 22.1 Å². The summed E-state index contributed by atoms with van der Waals surface area (Å²) in [6.07, 6.45) is 0.566. The molecular formula is C24H24ClNO8. The normalized spacial score (nSPS) is 22.1. The van der Waals surface area contributed by atoms with Gasteiger partial charge in [-0.2, -0.15) is 0 Å². The van der Waals surface area contributed by atoms with Crippen LogP contribution in [-0.2, 0) is 4.79 Å². The number of benzene rings is 2. The van der Waals surface area contributed by atoms with Crippen LogP contribution in [0.3, 0.4) is 0 Å². The van der Waals surface area contributed by atoms with Gasteiger partial charge in [0.25, 0.3) is 0 Å². The molecule has 1 aliphatic heterocycles. The number of carbonyl (C=O) groups excluding carboxylic acids is 2. The first-order valence-electron chi connectivity index (χ1n) is 10.5. The molecule has 4 N–H and O–H groups in total. The van der Waals surface area contributed by atoms with E-state index in [-0.39, 0.29) is 52.3 Å². The molecule has 0 bridgehead atoms. The summed E-state index contributed by atoms with van der Waals surface area (Å²) in [4.78, 5) is 26.8. The summed E-state index contributed by atoms with van der Waals surface area (Å²) in [5.41, 5.74) is -0.775. The Balaban J connectivity index is 1.58. The predicted octanol–water partition coefficient (Wildman–Crippen LogP) is 2.90. The number of hydrogen-bond acceptors (Lipinski definition) is 9. The van der Waals surface area contributed by atoms with Gasteiger partial charge in [0, 0.05) is 30.3 Å². The Hall–Kier alpha value is -3.43. The average Bonchev–Trinajstić information content (AvgIpc) is 3.13. The number of aliphatic hydroxyl groups is 1. The molecule has 1 heterocycles. The number of phenols is 2. The highest BCUT2D eigenvalue weighted by molar-refractivity contribution is 6.36. The van der Waals surface area contributed by atoms with Crippen LogP contribution in [0.15, 0.2) is 36.0 Å². The van der Waals surface area contributed by atoms with Crippen molar-refractivity contribution in [1.29, 1.82) is 0 Å². The van der Waals surface area contributed by atoms with Gasteiger partial charge in [0.2, 0.25) is 17.2 Å². The Labute approximate surface area is 200 Å². The van der Waals surface area contributed by atoms with Crippen molar-refractivity contribution in [1.82, 2.24) is 5.32 Å². The summed E-state index contributed by atoms with van der Waals surface area (Å²) >= 11 is 6.38. The first-order valence-corrected chi connectivity index (χ1v) is 10.9. The maximum absolute atomic E-state index is 13.5. The van der Waals surface area contributed by atoms with Crippen LogP contribution < -0.4 is 19.5 Å². The fraction of sp³-hybridized carbons (Fsp3) is 0.333. The van der Waals surface area contributed by atoms with Gasteiger partial charge >= 0.3 is 0 Å². The van der Waals surface area contributed by atoms with Gasteiger partial charge in [-0.15, -0.1) is 0 Å². The van der Waals surface area contributed by atoms with Crippen LogP contribution >= 0.6 is 11.6 Å². The molecular weight excluding hydrogens is 466 g/mol.